The molecule has 0 saturated heterocycles. The second-order valence-corrected chi connectivity index (χ2v) is 25.5. The average Bonchev–Trinajstić information content (AvgIpc) is 3.40. The first kappa shape index (κ1) is 50.7. The van der Waals surface area contributed by atoms with E-state index in [0.29, 0.717) is 0 Å². The SMILES string of the molecule is O=[N+]([O-])[O-].[Ag+].c1ccc([PH+](c2ccccc2)c2ccccc2[PH+](c2ccccc2)c2ccccc2)cc1.c1ccc([PH+](c2ccccc2)c2ccccc2[PH+](c2ccccc2)c2ccccc2)cc1. The van der Waals surface area contributed by atoms with E-state index in [1.807, 2.05) is 0 Å². The zero-order chi connectivity index (χ0) is 46.8. The van der Waals surface area contributed by atoms with Gasteiger partial charge in [0, 0.05) is 0 Å². The summed E-state index contributed by atoms with van der Waals surface area (Å²) in [5.74, 6) is 0. The molecule has 0 N–H and O–H groups in total. The van der Waals surface area contributed by atoms with E-state index >= 15 is 0 Å². The predicted molar refractivity (Wildman–Crippen MR) is 304 cm³/mol. The minimum atomic E-state index is -1.75. The molecule has 342 valence electrons. The Morgan fingerprint density at radius 1 is 0.217 bits per heavy atom. The second kappa shape index (κ2) is 26.6. The van der Waals surface area contributed by atoms with Gasteiger partial charge in [-0.15, -0.1) is 0 Å². The summed E-state index contributed by atoms with van der Waals surface area (Å²) >= 11 is 0. The molecule has 10 aromatic rings. The van der Waals surface area contributed by atoms with Crippen molar-refractivity contribution in [1.29, 1.82) is 0 Å². The fourth-order valence-electron chi connectivity index (χ4n) is 8.59. The second-order valence-electron chi connectivity index (χ2n) is 15.7. The maximum atomic E-state index is 8.25. The van der Waals surface area contributed by atoms with Crippen LogP contribution in [0.3, 0.4) is 0 Å². The first-order valence-corrected chi connectivity index (χ1v) is 28.5. The molecule has 0 fully saturated rings. The largest absolute Gasteiger partial charge is 1.00 e. The van der Waals surface area contributed by atoms with Crippen LogP contribution in [-0.4, -0.2) is 5.09 Å². The minimum absolute atomic E-state index is 0. The van der Waals surface area contributed by atoms with Crippen molar-refractivity contribution in [3.63, 3.8) is 0 Å². The van der Waals surface area contributed by atoms with E-state index in [-0.39, 0.29) is 22.4 Å². The van der Waals surface area contributed by atoms with Crippen molar-refractivity contribution in [3.05, 3.63) is 307 Å². The maximum Gasteiger partial charge on any atom is 1.00 e. The molecule has 0 aliphatic heterocycles. The normalized spacial score (nSPS) is 10.6. The van der Waals surface area contributed by atoms with E-state index in [9.17, 15) is 0 Å². The van der Waals surface area contributed by atoms with E-state index in [2.05, 4.69) is 291 Å². The van der Waals surface area contributed by atoms with Crippen LogP contribution in [0.25, 0.3) is 0 Å². The van der Waals surface area contributed by atoms with Crippen LogP contribution in [-0.2, 0) is 22.4 Å². The molecular weight excluding hydrogens is 1010 g/mol. The maximum absolute atomic E-state index is 8.25. The van der Waals surface area contributed by atoms with Crippen LogP contribution in [0.2, 0.25) is 0 Å². The predicted octanol–water partition coefficient (Wildman–Crippen LogP) is 9.09. The fraction of sp³-hybridized carbons (Fsp3) is 0. The number of nitrogens with zero attached hydrogens (tertiary/aromatic N) is 1. The van der Waals surface area contributed by atoms with Crippen molar-refractivity contribution in [1.82, 2.24) is 0 Å². The summed E-state index contributed by atoms with van der Waals surface area (Å²) in [5.41, 5.74) is 0. The van der Waals surface area contributed by atoms with Crippen LogP contribution in [0, 0.1) is 15.3 Å². The van der Waals surface area contributed by atoms with Crippen LogP contribution < -0.4 is 63.7 Å². The summed E-state index contributed by atoms with van der Waals surface area (Å²) in [6, 6.07) is 107. The van der Waals surface area contributed by atoms with Crippen LogP contribution in [0.1, 0.15) is 0 Å². The van der Waals surface area contributed by atoms with Gasteiger partial charge < -0.3 is 15.3 Å². The number of hydrogen-bond acceptors (Lipinski definition) is 3. The Kier molecular flexibility index (Phi) is 19.5. The summed E-state index contributed by atoms with van der Waals surface area (Å²) in [6.07, 6.45) is 0. The Hall–Kier alpha value is -6.14. The summed E-state index contributed by atoms with van der Waals surface area (Å²) in [6.45, 7) is 0. The van der Waals surface area contributed by atoms with Crippen LogP contribution in [0.4, 0.5) is 0 Å². The molecule has 0 amide bonds. The monoisotopic (exact) mass is 1070 g/mol. The van der Waals surface area contributed by atoms with E-state index in [1.165, 1.54) is 63.7 Å². The Labute approximate surface area is 426 Å². The van der Waals surface area contributed by atoms with Gasteiger partial charge in [-0.1, -0.05) is 170 Å². The zero-order valence-electron chi connectivity index (χ0n) is 37.7. The van der Waals surface area contributed by atoms with Gasteiger partial charge in [0.25, 0.3) is 0 Å². The number of benzene rings is 10. The standard InChI is InChI=1S/2C30H24P2.Ag.NO3/c2*1-5-15-25(16-6-1)31(26-17-7-2-8-18-26)29-23-13-14-24-30(29)32(27-19-9-3-10-20-27)28-21-11-4-12-22-28;;2-1(3)4/h2*1-24H;;/q;;+1;-1/p+4. The molecule has 69 heavy (non-hydrogen) atoms. The summed E-state index contributed by atoms with van der Waals surface area (Å²) < 4.78 is 0. The van der Waals surface area contributed by atoms with Crippen molar-refractivity contribution in [3.8, 4) is 0 Å². The Balaban J connectivity index is 0.000000187. The van der Waals surface area contributed by atoms with Gasteiger partial charge in [0.05, 0.1) is 5.09 Å². The number of hydrogen-bond donors (Lipinski definition) is 0. The summed E-state index contributed by atoms with van der Waals surface area (Å²) in [4.78, 5) is 8.25. The summed E-state index contributed by atoms with van der Waals surface area (Å²) in [7, 11) is -4.56. The van der Waals surface area contributed by atoms with Gasteiger partial charge >= 0.3 is 22.4 Å². The van der Waals surface area contributed by atoms with Gasteiger partial charge in [-0.2, -0.15) is 0 Å². The molecule has 0 saturated carbocycles. The first-order valence-electron chi connectivity index (χ1n) is 22.5. The van der Waals surface area contributed by atoms with Gasteiger partial charge in [-0.25, -0.2) is 0 Å². The minimum Gasteiger partial charge on any atom is -0.356 e. The van der Waals surface area contributed by atoms with Crippen molar-refractivity contribution in [2.75, 3.05) is 0 Å². The van der Waals surface area contributed by atoms with E-state index in [4.69, 9.17) is 15.3 Å². The van der Waals surface area contributed by atoms with Gasteiger partial charge in [0.15, 0.2) is 0 Å². The zero-order valence-corrected chi connectivity index (χ0v) is 43.2. The first-order chi connectivity index (χ1) is 33.6. The smallest absolute Gasteiger partial charge is 0.356 e. The number of rotatable bonds is 12. The Morgan fingerprint density at radius 2 is 0.319 bits per heavy atom. The molecule has 0 aromatic heterocycles. The third-order valence-electron chi connectivity index (χ3n) is 11.4. The molecule has 0 spiro atoms. The molecule has 10 aromatic carbocycles. The van der Waals surface area contributed by atoms with E-state index in [1.54, 1.807) is 0 Å². The third kappa shape index (κ3) is 13.6. The Morgan fingerprint density at radius 3 is 0.435 bits per heavy atom. The van der Waals surface area contributed by atoms with Crippen molar-refractivity contribution < 1.29 is 27.5 Å². The third-order valence-corrected chi connectivity index (χ3v) is 23.1. The van der Waals surface area contributed by atoms with Crippen LogP contribution in [0.15, 0.2) is 291 Å². The quantitative estimate of drug-likeness (QED) is 0.0532. The van der Waals surface area contributed by atoms with Gasteiger partial charge in [0.2, 0.25) is 0 Å². The van der Waals surface area contributed by atoms with Gasteiger partial charge in [0.1, 0.15) is 95.3 Å². The van der Waals surface area contributed by atoms with Crippen LogP contribution >= 0.6 is 31.7 Å². The molecule has 0 radical (unpaired) electrons. The average molecular weight is 1070 g/mol. The van der Waals surface area contributed by atoms with E-state index < -0.39 is 36.8 Å². The molecule has 4 nitrogen and oxygen atoms in total. The summed E-state index contributed by atoms with van der Waals surface area (Å²) in [5, 5.41) is 32.2. The van der Waals surface area contributed by atoms with Crippen LogP contribution in [0.5, 0.6) is 0 Å². The molecule has 0 bridgehead atoms. The molecule has 9 heteroatoms. The molecular formula is C60H52AgNO3P4+4. The van der Waals surface area contributed by atoms with Gasteiger partial charge in [-0.3, -0.25) is 0 Å². The molecule has 0 heterocycles. The molecule has 0 aliphatic rings. The molecule has 10 rings (SSSR count). The fourth-order valence-corrected chi connectivity index (χ4v) is 20.6. The molecule has 0 aliphatic carbocycles. The van der Waals surface area contributed by atoms with E-state index in [0.717, 1.165) is 0 Å². The van der Waals surface area contributed by atoms with Gasteiger partial charge in [-0.05, 0) is 121 Å². The molecule has 0 unspecified atom stereocenters. The Bertz CT molecular complexity index is 2490. The topological polar surface area (TPSA) is 66.2 Å². The van der Waals surface area contributed by atoms with Crippen molar-refractivity contribution in [2.24, 2.45) is 0 Å². The van der Waals surface area contributed by atoms with Crippen molar-refractivity contribution in [2.45, 2.75) is 0 Å². The van der Waals surface area contributed by atoms with Crippen molar-refractivity contribution >= 4 is 95.3 Å². The molecule has 0 atom stereocenters.